The van der Waals surface area contributed by atoms with E-state index in [1.165, 1.54) is 12.5 Å². The summed E-state index contributed by atoms with van der Waals surface area (Å²) in [6.07, 6.45) is 3.65. The van der Waals surface area contributed by atoms with Crippen LogP contribution in [0.15, 0.2) is 12.5 Å². The number of carbonyl (C=O) groups is 2. The van der Waals surface area contributed by atoms with Gasteiger partial charge in [-0.25, -0.2) is 4.98 Å². The van der Waals surface area contributed by atoms with Gasteiger partial charge in [0, 0.05) is 11.7 Å². The molecule has 1 heterocycles. The van der Waals surface area contributed by atoms with Crippen LogP contribution in [0.1, 0.15) is 31.3 Å². The van der Waals surface area contributed by atoms with Gasteiger partial charge in [0.25, 0.3) is 0 Å². The molecule has 0 fully saturated rings. The lowest BCUT2D eigenvalue weighted by Gasteiger charge is -2.20. The second kappa shape index (κ2) is 4.25. The zero-order valence-electron chi connectivity index (χ0n) is 9.15. The van der Waals surface area contributed by atoms with Crippen molar-refractivity contribution < 1.29 is 9.59 Å². The topological polar surface area (TPSA) is 64.0 Å². The van der Waals surface area contributed by atoms with E-state index >= 15 is 0 Å². The summed E-state index contributed by atoms with van der Waals surface area (Å²) in [6, 6.07) is 0. The number of amides is 1. The van der Waals surface area contributed by atoms with Gasteiger partial charge in [-0.05, 0) is 20.8 Å². The summed E-state index contributed by atoms with van der Waals surface area (Å²) in [5.74, 6) is -0.0997. The van der Waals surface area contributed by atoms with E-state index in [9.17, 15) is 9.59 Å². The fraction of sp³-hybridized carbons (Fsp3) is 0.500. The van der Waals surface area contributed by atoms with Gasteiger partial charge in [0.1, 0.15) is 12.2 Å². The largest absolute Gasteiger partial charge is 0.350 e. The molecule has 15 heavy (non-hydrogen) atoms. The number of hydrogen-bond donors (Lipinski definition) is 1. The smallest absolute Gasteiger partial charge is 0.240 e. The summed E-state index contributed by atoms with van der Waals surface area (Å²) in [4.78, 5) is 25.6. The molecule has 0 unspecified atom stereocenters. The highest BCUT2D eigenvalue weighted by molar-refractivity contribution is 5.77. The average Bonchev–Trinajstić information content (AvgIpc) is 2.48. The molecule has 82 valence electrons. The first-order valence-electron chi connectivity index (χ1n) is 4.69. The predicted molar refractivity (Wildman–Crippen MR) is 55.5 cm³/mol. The fourth-order valence-electron chi connectivity index (χ4n) is 1.15. The zero-order chi connectivity index (χ0) is 11.5. The van der Waals surface area contributed by atoms with Crippen LogP contribution in [0.2, 0.25) is 0 Å². The standard InChI is InChI=1S/C10H15N3O2/c1-10(2,3)12-9(15)5-13-4-8(6-14)11-7-13/h4,6-7H,5H2,1-3H3,(H,12,15). The molecule has 1 rings (SSSR count). The molecule has 1 amide bonds. The Morgan fingerprint density at radius 1 is 1.60 bits per heavy atom. The minimum Gasteiger partial charge on any atom is -0.350 e. The molecular weight excluding hydrogens is 194 g/mol. The highest BCUT2D eigenvalue weighted by Crippen LogP contribution is 1.99. The second-order valence-corrected chi connectivity index (χ2v) is 4.39. The maximum absolute atomic E-state index is 11.5. The molecule has 1 N–H and O–H groups in total. The summed E-state index contributed by atoms with van der Waals surface area (Å²) in [7, 11) is 0. The third-order valence-electron chi connectivity index (χ3n) is 1.61. The Labute approximate surface area is 88.5 Å². The van der Waals surface area contributed by atoms with Crippen molar-refractivity contribution in [2.45, 2.75) is 32.9 Å². The van der Waals surface area contributed by atoms with Crippen LogP contribution in [0.5, 0.6) is 0 Å². The molecular formula is C10H15N3O2. The van der Waals surface area contributed by atoms with Gasteiger partial charge in [-0.2, -0.15) is 0 Å². The van der Waals surface area contributed by atoms with Gasteiger partial charge in [-0.15, -0.1) is 0 Å². The van der Waals surface area contributed by atoms with E-state index in [-0.39, 0.29) is 18.0 Å². The van der Waals surface area contributed by atoms with Crippen molar-refractivity contribution in [2.75, 3.05) is 0 Å². The number of carbonyl (C=O) groups excluding carboxylic acids is 2. The molecule has 1 aromatic heterocycles. The van der Waals surface area contributed by atoms with Crippen LogP contribution in [-0.4, -0.2) is 27.3 Å². The van der Waals surface area contributed by atoms with Crippen LogP contribution in [0.3, 0.4) is 0 Å². The van der Waals surface area contributed by atoms with Gasteiger partial charge in [0.15, 0.2) is 6.29 Å². The lowest BCUT2D eigenvalue weighted by molar-refractivity contribution is -0.123. The van der Waals surface area contributed by atoms with Crippen LogP contribution in [-0.2, 0) is 11.3 Å². The van der Waals surface area contributed by atoms with Crippen LogP contribution >= 0.6 is 0 Å². The number of aromatic nitrogens is 2. The Balaban J connectivity index is 2.55. The highest BCUT2D eigenvalue weighted by Gasteiger charge is 2.13. The molecule has 5 heteroatoms. The normalized spacial score (nSPS) is 11.1. The third kappa shape index (κ3) is 3.93. The SMILES string of the molecule is CC(C)(C)NC(=O)Cn1cnc(C=O)c1. The summed E-state index contributed by atoms with van der Waals surface area (Å²) in [6.45, 7) is 5.92. The molecule has 0 spiro atoms. The molecule has 0 atom stereocenters. The maximum Gasteiger partial charge on any atom is 0.240 e. The zero-order valence-corrected chi connectivity index (χ0v) is 9.15. The minimum absolute atomic E-state index is 0.0997. The minimum atomic E-state index is -0.245. The molecule has 0 aliphatic carbocycles. The van der Waals surface area contributed by atoms with Crippen molar-refractivity contribution >= 4 is 12.2 Å². The number of aldehydes is 1. The van der Waals surface area contributed by atoms with E-state index in [0.717, 1.165) is 0 Å². The van der Waals surface area contributed by atoms with Gasteiger partial charge in [-0.1, -0.05) is 0 Å². The molecule has 0 saturated carbocycles. The first kappa shape index (κ1) is 11.4. The molecule has 0 saturated heterocycles. The Morgan fingerprint density at radius 3 is 2.73 bits per heavy atom. The Kier molecular flexibility index (Phi) is 3.24. The van der Waals surface area contributed by atoms with Crippen molar-refractivity contribution in [2.24, 2.45) is 0 Å². The van der Waals surface area contributed by atoms with Crippen molar-refractivity contribution in [1.82, 2.24) is 14.9 Å². The average molecular weight is 209 g/mol. The summed E-state index contributed by atoms with van der Waals surface area (Å²) in [5.41, 5.74) is 0.0871. The molecule has 0 radical (unpaired) electrons. The van der Waals surface area contributed by atoms with E-state index in [4.69, 9.17) is 0 Å². The van der Waals surface area contributed by atoms with Gasteiger partial charge in [-0.3, -0.25) is 9.59 Å². The molecule has 1 aromatic rings. The number of hydrogen-bond acceptors (Lipinski definition) is 3. The molecule has 5 nitrogen and oxygen atoms in total. The number of imidazole rings is 1. The fourth-order valence-corrected chi connectivity index (χ4v) is 1.15. The Bertz CT molecular complexity index is 363. The quantitative estimate of drug-likeness (QED) is 0.742. The summed E-state index contributed by atoms with van der Waals surface area (Å²) < 4.78 is 1.57. The Morgan fingerprint density at radius 2 is 2.27 bits per heavy atom. The van der Waals surface area contributed by atoms with Crippen molar-refractivity contribution in [3.63, 3.8) is 0 Å². The van der Waals surface area contributed by atoms with Gasteiger partial charge in [0.2, 0.25) is 5.91 Å². The Hall–Kier alpha value is -1.65. The van der Waals surface area contributed by atoms with Crippen molar-refractivity contribution in [3.8, 4) is 0 Å². The van der Waals surface area contributed by atoms with Crippen LogP contribution in [0.25, 0.3) is 0 Å². The molecule has 0 aromatic carbocycles. The van der Waals surface area contributed by atoms with Gasteiger partial charge in [0.05, 0.1) is 6.33 Å². The van der Waals surface area contributed by atoms with E-state index in [0.29, 0.717) is 12.0 Å². The molecule has 0 bridgehead atoms. The monoisotopic (exact) mass is 209 g/mol. The lowest BCUT2D eigenvalue weighted by atomic mass is 10.1. The molecule has 0 aliphatic heterocycles. The van der Waals surface area contributed by atoms with E-state index in [1.54, 1.807) is 4.57 Å². The van der Waals surface area contributed by atoms with Crippen LogP contribution < -0.4 is 5.32 Å². The van der Waals surface area contributed by atoms with Crippen molar-refractivity contribution in [3.05, 3.63) is 18.2 Å². The first-order valence-corrected chi connectivity index (χ1v) is 4.69. The van der Waals surface area contributed by atoms with E-state index < -0.39 is 0 Å². The third-order valence-corrected chi connectivity index (χ3v) is 1.61. The highest BCUT2D eigenvalue weighted by atomic mass is 16.2. The van der Waals surface area contributed by atoms with Crippen LogP contribution in [0, 0.1) is 0 Å². The van der Waals surface area contributed by atoms with E-state index in [2.05, 4.69) is 10.3 Å². The number of nitrogens with zero attached hydrogens (tertiary/aromatic N) is 2. The van der Waals surface area contributed by atoms with Gasteiger partial charge < -0.3 is 9.88 Å². The lowest BCUT2D eigenvalue weighted by Crippen LogP contribution is -2.42. The van der Waals surface area contributed by atoms with E-state index in [1.807, 2.05) is 20.8 Å². The number of rotatable bonds is 3. The maximum atomic E-state index is 11.5. The van der Waals surface area contributed by atoms with Crippen molar-refractivity contribution in [1.29, 1.82) is 0 Å². The summed E-state index contributed by atoms with van der Waals surface area (Å²) in [5, 5.41) is 2.82. The second-order valence-electron chi connectivity index (χ2n) is 4.39. The van der Waals surface area contributed by atoms with Gasteiger partial charge >= 0.3 is 0 Å². The number of nitrogens with one attached hydrogen (secondary N) is 1. The predicted octanol–water partition coefficient (Wildman–Crippen LogP) is 0.610. The first-order chi connectivity index (χ1) is 6.90. The summed E-state index contributed by atoms with van der Waals surface area (Å²) >= 11 is 0. The molecule has 0 aliphatic rings. The van der Waals surface area contributed by atoms with Crippen LogP contribution in [0.4, 0.5) is 0 Å².